The van der Waals surface area contributed by atoms with Crippen molar-refractivity contribution < 1.29 is 41.7 Å². The number of hydrogen-bond donors (Lipinski definition) is 2. The molecule has 2 atom stereocenters. The monoisotopic (exact) mass is 394 g/mol. The number of hydrogen-bond acceptors (Lipinski definition) is 5. The van der Waals surface area contributed by atoms with Crippen LogP contribution >= 0.6 is 0 Å². The van der Waals surface area contributed by atoms with Gasteiger partial charge in [-0.05, 0) is 18.9 Å². The summed E-state index contributed by atoms with van der Waals surface area (Å²) in [4.78, 5) is 27.2. The summed E-state index contributed by atoms with van der Waals surface area (Å²) in [6.07, 6.45) is -1.64. The molecule has 0 aromatic carbocycles. The molecule has 150 valence electrons. The molecule has 27 heavy (non-hydrogen) atoms. The lowest BCUT2D eigenvalue weighted by Gasteiger charge is -2.28. The number of halogens is 4. The zero-order valence-corrected chi connectivity index (χ0v) is 14.0. The maximum Gasteiger partial charge on any atom is 0.340 e. The summed E-state index contributed by atoms with van der Waals surface area (Å²) in [5.74, 6) is -7.02. The van der Waals surface area contributed by atoms with Gasteiger partial charge in [-0.1, -0.05) is 0 Å². The van der Waals surface area contributed by atoms with Crippen molar-refractivity contribution in [3.63, 3.8) is 0 Å². The van der Waals surface area contributed by atoms with Crippen molar-refractivity contribution in [3.05, 3.63) is 23.9 Å². The first-order valence-electron chi connectivity index (χ1n) is 8.07. The molecule has 0 radical (unpaired) electrons. The van der Waals surface area contributed by atoms with Crippen LogP contribution in [0.2, 0.25) is 0 Å². The van der Waals surface area contributed by atoms with E-state index in [0.29, 0.717) is 19.4 Å². The Balaban J connectivity index is 1.96. The maximum absolute atomic E-state index is 12.8. The Kier molecular flexibility index (Phi) is 6.94. The predicted octanol–water partition coefficient (Wildman–Crippen LogP) is 1.97. The predicted molar refractivity (Wildman–Crippen MR) is 83.1 cm³/mol. The van der Waals surface area contributed by atoms with E-state index in [-0.39, 0.29) is 24.0 Å². The Morgan fingerprint density at radius 1 is 1.41 bits per heavy atom. The van der Waals surface area contributed by atoms with Gasteiger partial charge in [0.15, 0.2) is 6.61 Å². The van der Waals surface area contributed by atoms with E-state index in [0.717, 1.165) is 18.3 Å². The molecule has 1 fully saturated rings. The number of aromatic nitrogens is 1. The van der Waals surface area contributed by atoms with Crippen LogP contribution in [0.3, 0.4) is 0 Å². The van der Waals surface area contributed by atoms with Gasteiger partial charge in [0.2, 0.25) is 5.88 Å². The average molecular weight is 394 g/mol. The second kappa shape index (κ2) is 8.98. The van der Waals surface area contributed by atoms with Gasteiger partial charge in [0.1, 0.15) is 6.04 Å². The normalized spacial score (nSPS) is 18.8. The molecule has 1 aromatic heterocycles. The molecule has 0 saturated carbocycles. The van der Waals surface area contributed by atoms with Crippen molar-refractivity contribution in [2.45, 2.75) is 31.2 Å². The maximum atomic E-state index is 12.8. The molecule has 0 aliphatic carbocycles. The molecule has 2 unspecified atom stereocenters. The lowest BCUT2D eigenvalue weighted by Crippen LogP contribution is -2.48. The van der Waals surface area contributed by atoms with Gasteiger partial charge < -0.3 is 19.9 Å². The molecule has 1 aliphatic heterocycles. The summed E-state index contributed by atoms with van der Waals surface area (Å²) in [5, 5.41) is 11.7. The third-order valence-electron chi connectivity index (χ3n) is 3.95. The van der Waals surface area contributed by atoms with E-state index >= 15 is 0 Å². The zero-order valence-electron chi connectivity index (χ0n) is 14.0. The summed E-state index contributed by atoms with van der Waals surface area (Å²) in [5.41, 5.74) is -0.0362. The van der Waals surface area contributed by atoms with Crippen LogP contribution in [0.1, 0.15) is 23.2 Å². The third-order valence-corrected chi connectivity index (χ3v) is 3.95. The topological polar surface area (TPSA) is 97.8 Å². The summed E-state index contributed by atoms with van der Waals surface area (Å²) < 4.78 is 59.5. The first-order chi connectivity index (χ1) is 12.7. The molecule has 1 saturated heterocycles. The number of carbonyl (C=O) groups is 2. The Bertz CT molecular complexity index is 651. The largest absolute Gasteiger partial charge is 0.480 e. The van der Waals surface area contributed by atoms with Crippen molar-refractivity contribution >= 4 is 11.9 Å². The second-order valence-electron chi connectivity index (χ2n) is 6.00. The van der Waals surface area contributed by atoms with Crippen molar-refractivity contribution in [1.29, 1.82) is 0 Å². The third kappa shape index (κ3) is 5.78. The van der Waals surface area contributed by atoms with Crippen LogP contribution in [0.25, 0.3) is 0 Å². The summed E-state index contributed by atoms with van der Waals surface area (Å²) in [6, 6.07) is 1.06. The van der Waals surface area contributed by atoms with Crippen molar-refractivity contribution in [1.82, 2.24) is 10.3 Å². The summed E-state index contributed by atoms with van der Waals surface area (Å²) in [6.45, 7) is -0.820. The summed E-state index contributed by atoms with van der Waals surface area (Å²) in [7, 11) is 0. The highest BCUT2D eigenvalue weighted by Gasteiger charge is 2.41. The number of alkyl halides is 4. The standard InChI is InChI=1S/C16H18F4N2O5/c17-15(18)16(19,20)8-27-11-4-3-9(6-21-11)13(23)22-12(14(24)25)10-2-1-5-26-7-10/h3-4,6,10,12,15H,1-2,5,7-8H2,(H,22,23)(H,24,25). The molecular formula is C16H18F4N2O5. The van der Waals surface area contributed by atoms with Gasteiger partial charge in [-0.3, -0.25) is 4.79 Å². The number of carboxylic acid groups (broad SMARTS) is 1. The number of amides is 1. The molecule has 0 spiro atoms. The van der Waals surface area contributed by atoms with Gasteiger partial charge in [-0.15, -0.1) is 0 Å². The number of nitrogens with one attached hydrogen (secondary N) is 1. The van der Waals surface area contributed by atoms with Gasteiger partial charge in [0, 0.05) is 24.8 Å². The van der Waals surface area contributed by atoms with E-state index in [9.17, 15) is 32.3 Å². The van der Waals surface area contributed by atoms with E-state index < -0.39 is 36.9 Å². The minimum Gasteiger partial charge on any atom is -0.480 e. The second-order valence-corrected chi connectivity index (χ2v) is 6.00. The highest BCUT2D eigenvalue weighted by Crippen LogP contribution is 2.24. The molecule has 7 nitrogen and oxygen atoms in total. The van der Waals surface area contributed by atoms with Crippen molar-refractivity contribution in [2.24, 2.45) is 5.92 Å². The molecule has 2 N–H and O–H groups in total. The quantitative estimate of drug-likeness (QED) is 0.655. The van der Waals surface area contributed by atoms with Crippen LogP contribution in [0.4, 0.5) is 17.6 Å². The fourth-order valence-electron chi connectivity index (χ4n) is 2.47. The smallest absolute Gasteiger partial charge is 0.340 e. The van der Waals surface area contributed by atoms with Crippen LogP contribution in [-0.4, -0.2) is 60.2 Å². The molecule has 0 bridgehead atoms. The van der Waals surface area contributed by atoms with Gasteiger partial charge in [0.05, 0.1) is 12.2 Å². The van der Waals surface area contributed by atoms with E-state index in [1.807, 2.05) is 0 Å². The first-order valence-corrected chi connectivity index (χ1v) is 8.07. The van der Waals surface area contributed by atoms with E-state index in [4.69, 9.17) is 4.74 Å². The fourth-order valence-corrected chi connectivity index (χ4v) is 2.47. The van der Waals surface area contributed by atoms with Crippen LogP contribution < -0.4 is 10.1 Å². The number of nitrogens with zero attached hydrogens (tertiary/aromatic N) is 1. The highest BCUT2D eigenvalue weighted by molar-refractivity contribution is 5.96. The van der Waals surface area contributed by atoms with Crippen LogP contribution in [0.15, 0.2) is 18.3 Å². The van der Waals surface area contributed by atoms with Crippen molar-refractivity contribution in [2.75, 3.05) is 19.8 Å². The lowest BCUT2D eigenvalue weighted by molar-refractivity contribution is -0.148. The molecule has 11 heteroatoms. The molecular weight excluding hydrogens is 376 g/mol. The minimum absolute atomic E-state index is 0.0362. The molecule has 1 amide bonds. The van der Waals surface area contributed by atoms with Crippen LogP contribution in [-0.2, 0) is 9.53 Å². The van der Waals surface area contributed by atoms with E-state index in [1.165, 1.54) is 0 Å². The van der Waals surface area contributed by atoms with Gasteiger partial charge in [-0.25, -0.2) is 18.6 Å². The van der Waals surface area contributed by atoms with Gasteiger partial charge >= 0.3 is 18.3 Å². The number of rotatable bonds is 8. The minimum atomic E-state index is -4.32. The zero-order chi connectivity index (χ0) is 20.0. The lowest BCUT2D eigenvalue weighted by atomic mass is 9.93. The SMILES string of the molecule is O=C(NC(C(=O)O)C1CCCOC1)c1ccc(OCC(F)(F)C(F)F)nc1. The molecule has 1 aromatic rings. The van der Waals surface area contributed by atoms with Crippen molar-refractivity contribution in [3.8, 4) is 5.88 Å². The number of aliphatic carboxylic acids is 1. The van der Waals surface area contributed by atoms with Gasteiger partial charge in [-0.2, -0.15) is 8.78 Å². The van der Waals surface area contributed by atoms with E-state index in [2.05, 4.69) is 15.0 Å². The Labute approximate surface area is 151 Å². The van der Waals surface area contributed by atoms with E-state index in [1.54, 1.807) is 0 Å². The van der Waals surface area contributed by atoms with Crippen LogP contribution in [0, 0.1) is 5.92 Å². The molecule has 2 rings (SSSR count). The first kappa shape index (κ1) is 20.9. The number of pyridine rings is 1. The number of carbonyl (C=O) groups excluding carboxylic acids is 1. The Morgan fingerprint density at radius 3 is 2.67 bits per heavy atom. The Morgan fingerprint density at radius 2 is 2.15 bits per heavy atom. The summed E-state index contributed by atoms with van der Waals surface area (Å²) >= 11 is 0. The molecule has 1 aliphatic rings. The van der Waals surface area contributed by atoms with Gasteiger partial charge in [0.25, 0.3) is 5.91 Å². The highest BCUT2D eigenvalue weighted by atomic mass is 19.3. The number of ether oxygens (including phenoxy) is 2. The Hall–Kier alpha value is -2.43. The molecule has 2 heterocycles. The average Bonchev–Trinajstić information content (AvgIpc) is 2.65. The van der Waals surface area contributed by atoms with Crippen LogP contribution in [0.5, 0.6) is 5.88 Å². The number of carboxylic acids is 1. The fraction of sp³-hybridized carbons (Fsp3) is 0.562.